The number of hydrogen-bond acceptors (Lipinski definition) is 3. The van der Waals surface area contributed by atoms with E-state index in [1.165, 1.54) is 0 Å². The molecular formula is C19H22N2O3. The van der Waals surface area contributed by atoms with Gasteiger partial charge in [0.25, 0.3) is 0 Å². The van der Waals surface area contributed by atoms with Crippen molar-refractivity contribution in [1.29, 1.82) is 0 Å². The van der Waals surface area contributed by atoms with E-state index in [0.29, 0.717) is 18.7 Å². The zero-order valence-corrected chi connectivity index (χ0v) is 13.7. The Balaban J connectivity index is 1.89. The van der Waals surface area contributed by atoms with Crippen molar-refractivity contribution in [3.8, 4) is 11.1 Å². The van der Waals surface area contributed by atoms with E-state index in [0.717, 1.165) is 11.1 Å². The molecule has 2 aromatic rings. The highest BCUT2D eigenvalue weighted by Crippen LogP contribution is 2.20. The molecular weight excluding hydrogens is 304 g/mol. The monoisotopic (exact) mass is 326 g/mol. The van der Waals surface area contributed by atoms with Gasteiger partial charge in [0, 0.05) is 18.8 Å². The van der Waals surface area contributed by atoms with Crippen LogP contribution in [-0.4, -0.2) is 30.1 Å². The number of hydrogen-bond donors (Lipinski definition) is 3. The summed E-state index contributed by atoms with van der Waals surface area (Å²) < 4.78 is 0. The normalized spacial score (nSPS) is 11.6. The Labute approximate surface area is 141 Å². The molecule has 5 nitrogen and oxygen atoms in total. The Morgan fingerprint density at radius 2 is 1.58 bits per heavy atom. The lowest BCUT2D eigenvalue weighted by Crippen LogP contribution is -2.37. The van der Waals surface area contributed by atoms with Crippen LogP contribution in [-0.2, 0) is 9.59 Å². The number of nitrogens with one attached hydrogen (secondary N) is 2. The van der Waals surface area contributed by atoms with Gasteiger partial charge in [-0.2, -0.15) is 0 Å². The smallest absolute Gasteiger partial charge is 0.313 e. The zero-order chi connectivity index (χ0) is 17.4. The summed E-state index contributed by atoms with van der Waals surface area (Å²) in [5.41, 5.74) is 2.69. The molecule has 0 heterocycles. The highest BCUT2D eigenvalue weighted by Gasteiger charge is 2.14. The van der Waals surface area contributed by atoms with Crippen LogP contribution in [0.3, 0.4) is 0 Å². The van der Waals surface area contributed by atoms with Crippen LogP contribution in [0.5, 0.6) is 0 Å². The first-order valence-corrected chi connectivity index (χ1v) is 7.95. The molecule has 126 valence electrons. The molecule has 0 fully saturated rings. The first kappa shape index (κ1) is 17.7. The van der Waals surface area contributed by atoms with Gasteiger partial charge >= 0.3 is 11.8 Å². The number of aliphatic hydroxyl groups excluding tert-OH is 1. The number of carbonyl (C=O) groups is 2. The van der Waals surface area contributed by atoms with Crippen LogP contribution in [0.1, 0.15) is 13.3 Å². The lowest BCUT2D eigenvalue weighted by atomic mass is 10.1. The zero-order valence-electron chi connectivity index (χ0n) is 13.7. The van der Waals surface area contributed by atoms with Crippen molar-refractivity contribution in [2.24, 2.45) is 5.92 Å². The van der Waals surface area contributed by atoms with E-state index in [1.54, 1.807) is 12.1 Å². The van der Waals surface area contributed by atoms with E-state index >= 15 is 0 Å². The van der Waals surface area contributed by atoms with Crippen LogP contribution < -0.4 is 10.6 Å². The summed E-state index contributed by atoms with van der Waals surface area (Å²) in [4.78, 5) is 23.6. The van der Waals surface area contributed by atoms with Gasteiger partial charge in [0.05, 0.1) is 0 Å². The fourth-order valence-electron chi connectivity index (χ4n) is 2.23. The van der Waals surface area contributed by atoms with Gasteiger partial charge in [-0.3, -0.25) is 9.59 Å². The van der Waals surface area contributed by atoms with E-state index in [9.17, 15) is 9.59 Å². The molecule has 0 aliphatic heterocycles. The Morgan fingerprint density at radius 3 is 2.21 bits per heavy atom. The number of benzene rings is 2. The maximum atomic E-state index is 11.9. The molecule has 24 heavy (non-hydrogen) atoms. The Bertz CT molecular complexity index is 669. The van der Waals surface area contributed by atoms with Crippen LogP contribution >= 0.6 is 0 Å². The molecule has 2 aromatic carbocycles. The molecule has 0 saturated heterocycles. The summed E-state index contributed by atoms with van der Waals surface area (Å²) in [5, 5.41) is 14.0. The lowest BCUT2D eigenvalue weighted by molar-refractivity contribution is -0.136. The van der Waals surface area contributed by atoms with Gasteiger partial charge in [0.2, 0.25) is 0 Å². The summed E-state index contributed by atoms with van der Waals surface area (Å²) >= 11 is 0. The second-order valence-corrected chi connectivity index (χ2v) is 5.72. The summed E-state index contributed by atoms with van der Waals surface area (Å²) in [6.45, 7) is 2.33. The largest absolute Gasteiger partial charge is 0.396 e. The van der Waals surface area contributed by atoms with Gasteiger partial charge in [0.15, 0.2) is 0 Å². The quantitative estimate of drug-likeness (QED) is 0.713. The molecule has 5 heteroatoms. The van der Waals surface area contributed by atoms with E-state index < -0.39 is 11.8 Å². The summed E-state index contributed by atoms with van der Waals surface area (Å²) in [7, 11) is 0. The van der Waals surface area contributed by atoms with Crippen LogP contribution in [0, 0.1) is 5.92 Å². The predicted octanol–water partition coefficient (Wildman–Crippen LogP) is 2.43. The van der Waals surface area contributed by atoms with Crippen molar-refractivity contribution in [1.82, 2.24) is 5.32 Å². The molecule has 0 aliphatic rings. The topological polar surface area (TPSA) is 78.4 Å². The van der Waals surface area contributed by atoms with E-state index in [2.05, 4.69) is 10.6 Å². The van der Waals surface area contributed by atoms with Gasteiger partial charge in [-0.1, -0.05) is 49.4 Å². The Morgan fingerprint density at radius 1 is 0.958 bits per heavy atom. The molecule has 1 unspecified atom stereocenters. The second kappa shape index (κ2) is 8.84. The number of carbonyl (C=O) groups excluding carboxylic acids is 2. The van der Waals surface area contributed by atoms with E-state index in [-0.39, 0.29) is 12.5 Å². The molecule has 0 radical (unpaired) electrons. The van der Waals surface area contributed by atoms with Crippen LogP contribution in [0.2, 0.25) is 0 Å². The molecule has 1 atom stereocenters. The lowest BCUT2D eigenvalue weighted by Gasteiger charge is -2.11. The maximum Gasteiger partial charge on any atom is 0.313 e. The fourth-order valence-corrected chi connectivity index (χ4v) is 2.23. The van der Waals surface area contributed by atoms with Gasteiger partial charge in [0.1, 0.15) is 0 Å². The number of rotatable bonds is 6. The molecule has 3 N–H and O–H groups in total. The molecule has 0 saturated carbocycles. The first-order chi connectivity index (χ1) is 11.6. The SMILES string of the molecule is CC(CCO)CNC(=O)C(=O)Nc1ccc(-c2ccccc2)cc1. The van der Waals surface area contributed by atoms with Crippen molar-refractivity contribution in [3.05, 3.63) is 54.6 Å². The van der Waals surface area contributed by atoms with Gasteiger partial charge in [-0.15, -0.1) is 0 Å². The van der Waals surface area contributed by atoms with Gasteiger partial charge in [-0.25, -0.2) is 0 Å². The highest BCUT2D eigenvalue weighted by atomic mass is 16.3. The molecule has 0 aromatic heterocycles. The third kappa shape index (κ3) is 5.21. The minimum Gasteiger partial charge on any atom is -0.396 e. The Hall–Kier alpha value is -2.66. The number of anilines is 1. The van der Waals surface area contributed by atoms with Crippen molar-refractivity contribution >= 4 is 17.5 Å². The van der Waals surface area contributed by atoms with Crippen molar-refractivity contribution < 1.29 is 14.7 Å². The molecule has 0 aliphatic carbocycles. The molecule has 0 spiro atoms. The maximum absolute atomic E-state index is 11.9. The average Bonchev–Trinajstić information content (AvgIpc) is 2.61. The van der Waals surface area contributed by atoms with Gasteiger partial charge < -0.3 is 15.7 Å². The first-order valence-electron chi connectivity index (χ1n) is 7.95. The minimum atomic E-state index is -0.696. The molecule has 0 bridgehead atoms. The second-order valence-electron chi connectivity index (χ2n) is 5.72. The standard InChI is InChI=1S/C19H22N2O3/c1-14(11-12-22)13-20-18(23)19(24)21-17-9-7-16(8-10-17)15-5-3-2-4-6-15/h2-10,14,22H,11-13H2,1H3,(H,20,23)(H,21,24). The summed E-state index contributed by atoms with van der Waals surface area (Å²) in [5.74, 6) is -1.25. The van der Waals surface area contributed by atoms with Gasteiger partial charge in [-0.05, 0) is 35.6 Å². The van der Waals surface area contributed by atoms with E-state index in [4.69, 9.17) is 5.11 Å². The molecule has 2 amide bonds. The average molecular weight is 326 g/mol. The number of aliphatic hydroxyl groups is 1. The van der Waals surface area contributed by atoms with Crippen molar-refractivity contribution in [2.45, 2.75) is 13.3 Å². The van der Waals surface area contributed by atoms with Crippen molar-refractivity contribution in [2.75, 3.05) is 18.5 Å². The predicted molar refractivity (Wildman–Crippen MR) is 94.4 cm³/mol. The van der Waals surface area contributed by atoms with Crippen LogP contribution in [0.15, 0.2) is 54.6 Å². The highest BCUT2D eigenvalue weighted by molar-refractivity contribution is 6.39. The van der Waals surface area contributed by atoms with Crippen molar-refractivity contribution in [3.63, 3.8) is 0 Å². The summed E-state index contributed by atoms with van der Waals surface area (Å²) in [6.07, 6.45) is 0.586. The number of amides is 2. The fraction of sp³-hybridized carbons (Fsp3) is 0.263. The molecule has 2 rings (SSSR count). The summed E-state index contributed by atoms with van der Waals surface area (Å²) in [6, 6.07) is 17.2. The Kier molecular flexibility index (Phi) is 6.51. The van der Waals surface area contributed by atoms with Crippen LogP contribution in [0.25, 0.3) is 11.1 Å². The van der Waals surface area contributed by atoms with E-state index in [1.807, 2.05) is 49.4 Å². The third-order valence-electron chi connectivity index (χ3n) is 3.69. The van der Waals surface area contributed by atoms with Crippen LogP contribution in [0.4, 0.5) is 5.69 Å². The third-order valence-corrected chi connectivity index (χ3v) is 3.69. The minimum absolute atomic E-state index is 0.0665.